The number of benzene rings is 2. The molecule has 0 unspecified atom stereocenters. The summed E-state index contributed by atoms with van der Waals surface area (Å²) in [6.45, 7) is 1.92. The van der Waals surface area contributed by atoms with Crippen molar-refractivity contribution in [3.63, 3.8) is 0 Å². The van der Waals surface area contributed by atoms with E-state index in [0.717, 1.165) is 31.2 Å². The molecule has 39 heavy (non-hydrogen) atoms. The second-order valence-corrected chi connectivity index (χ2v) is 11.1. The summed E-state index contributed by atoms with van der Waals surface area (Å²) >= 11 is 1.23. The molecule has 2 atom stereocenters. The van der Waals surface area contributed by atoms with E-state index in [0.29, 0.717) is 34.5 Å². The topological polar surface area (TPSA) is 112 Å². The first kappa shape index (κ1) is 26.9. The summed E-state index contributed by atoms with van der Waals surface area (Å²) in [5.74, 6) is 0.460. The van der Waals surface area contributed by atoms with Crippen LogP contribution in [0.2, 0.25) is 0 Å². The number of hydrogen-bond donors (Lipinski definition) is 2. The van der Waals surface area contributed by atoms with Gasteiger partial charge < -0.3 is 15.4 Å². The number of methoxy groups -OCH3 is 1. The molecule has 1 saturated carbocycles. The standard InChI is InChI=1S/C29H33N5O4S/c1-3-24(27(36)31-19-12-9-13-20(16-19)38-2)39-29-33-22-15-8-7-14-21(22)26-32-23(28(37)34(26)29)17-25(35)30-18-10-5-4-6-11-18/h7-9,12-16,18,23-24H,3-6,10-11,17H2,1-2H3,(H,30,35)(H,31,36)/t23-,24+/m1/s1. The monoisotopic (exact) mass is 547 g/mol. The molecule has 0 bridgehead atoms. The predicted octanol–water partition coefficient (Wildman–Crippen LogP) is 4.64. The van der Waals surface area contributed by atoms with Gasteiger partial charge in [-0.3, -0.25) is 19.4 Å². The molecule has 204 valence electrons. The molecule has 10 heteroatoms. The number of carbonyl (C=O) groups excluding carboxylic acids is 3. The minimum Gasteiger partial charge on any atom is -0.497 e. The van der Waals surface area contributed by atoms with Crippen LogP contribution in [0.4, 0.5) is 11.4 Å². The number of carbonyl (C=O) groups is 3. The van der Waals surface area contributed by atoms with Gasteiger partial charge in [0.15, 0.2) is 5.17 Å². The van der Waals surface area contributed by atoms with E-state index in [-0.39, 0.29) is 30.2 Å². The molecule has 3 aliphatic rings. The Morgan fingerprint density at radius 1 is 1.13 bits per heavy atom. The second-order valence-electron chi connectivity index (χ2n) is 9.90. The van der Waals surface area contributed by atoms with Crippen LogP contribution in [-0.4, -0.2) is 58.1 Å². The van der Waals surface area contributed by atoms with E-state index < -0.39 is 11.3 Å². The predicted molar refractivity (Wildman–Crippen MR) is 154 cm³/mol. The normalized spacial score (nSPS) is 19.4. The molecular weight excluding hydrogens is 514 g/mol. The van der Waals surface area contributed by atoms with Gasteiger partial charge >= 0.3 is 0 Å². The number of amides is 3. The van der Waals surface area contributed by atoms with E-state index in [4.69, 9.17) is 14.7 Å². The molecule has 1 aliphatic carbocycles. The molecule has 0 saturated heterocycles. The van der Waals surface area contributed by atoms with Crippen LogP contribution in [0, 0.1) is 0 Å². The van der Waals surface area contributed by atoms with Gasteiger partial charge in [0.1, 0.15) is 17.6 Å². The first-order valence-electron chi connectivity index (χ1n) is 13.5. The zero-order valence-electron chi connectivity index (χ0n) is 22.2. The lowest BCUT2D eigenvalue weighted by molar-refractivity contribution is -0.129. The lowest BCUT2D eigenvalue weighted by atomic mass is 9.95. The summed E-state index contributed by atoms with van der Waals surface area (Å²) in [5, 5.41) is 5.91. The third-order valence-corrected chi connectivity index (χ3v) is 8.46. The average molecular weight is 548 g/mol. The Hall–Kier alpha value is -3.66. The van der Waals surface area contributed by atoms with Crippen LogP contribution in [0.15, 0.2) is 58.5 Å². The van der Waals surface area contributed by atoms with Crippen LogP contribution >= 0.6 is 11.8 Å². The summed E-state index contributed by atoms with van der Waals surface area (Å²) in [5.41, 5.74) is 2.04. The highest BCUT2D eigenvalue weighted by molar-refractivity contribution is 8.15. The zero-order valence-corrected chi connectivity index (χ0v) is 23.0. The van der Waals surface area contributed by atoms with Gasteiger partial charge in [-0.2, -0.15) is 0 Å². The Morgan fingerprint density at radius 3 is 2.69 bits per heavy atom. The number of nitrogens with zero attached hydrogens (tertiary/aromatic N) is 3. The number of aliphatic imine (C=N–C) groups is 2. The molecule has 0 radical (unpaired) electrons. The van der Waals surface area contributed by atoms with Crippen molar-refractivity contribution in [3.05, 3.63) is 54.1 Å². The van der Waals surface area contributed by atoms with Gasteiger partial charge in [0.25, 0.3) is 5.91 Å². The van der Waals surface area contributed by atoms with Crippen molar-refractivity contribution >= 4 is 51.9 Å². The van der Waals surface area contributed by atoms with Gasteiger partial charge in [-0.1, -0.05) is 56.1 Å². The number of para-hydroxylation sites is 1. The van der Waals surface area contributed by atoms with Gasteiger partial charge in [0, 0.05) is 23.4 Å². The van der Waals surface area contributed by atoms with E-state index in [1.165, 1.54) is 23.1 Å². The number of amidine groups is 2. The molecule has 0 spiro atoms. The Kier molecular flexibility index (Phi) is 8.30. The SMILES string of the molecule is CC[C@H](SC1=Nc2ccccc2C2=N[C@H](CC(=O)NC3CCCCC3)C(=O)N12)C(=O)Nc1cccc(OC)c1. The van der Waals surface area contributed by atoms with Crippen LogP contribution in [0.5, 0.6) is 5.75 Å². The summed E-state index contributed by atoms with van der Waals surface area (Å²) in [6, 6.07) is 14.0. The number of thioether (sulfide) groups is 1. The van der Waals surface area contributed by atoms with Gasteiger partial charge in [0.05, 0.1) is 24.5 Å². The maximum Gasteiger partial charge on any atom is 0.259 e. The Balaban J connectivity index is 1.34. The first-order chi connectivity index (χ1) is 19.0. The maximum atomic E-state index is 13.6. The smallest absolute Gasteiger partial charge is 0.259 e. The van der Waals surface area contributed by atoms with E-state index in [1.54, 1.807) is 25.3 Å². The average Bonchev–Trinajstić information content (AvgIpc) is 3.28. The second kappa shape index (κ2) is 12.0. The molecule has 0 aromatic heterocycles. The zero-order chi connectivity index (χ0) is 27.4. The number of rotatable bonds is 8. The van der Waals surface area contributed by atoms with E-state index in [1.807, 2.05) is 37.3 Å². The van der Waals surface area contributed by atoms with Gasteiger partial charge in [-0.25, -0.2) is 9.89 Å². The minimum absolute atomic E-state index is 0.0109. The first-order valence-corrected chi connectivity index (χ1v) is 14.4. The Labute approximate surface area is 232 Å². The molecule has 2 aromatic carbocycles. The highest BCUT2D eigenvalue weighted by Gasteiger charge is 2.43. The third-order valence-electron chi connectivity index (χ3n) is 7.14. The lowest BCUT2D eigenvalue weighted by Gasteiger charge is -2.27. The molecule has 3 amide bonds. The Morgan fingerprint density at radius 2 is 1.92 bits per heavy atom. The van der Waals surface area contributed by atoms with Crippen molar-refractivity contribution in [1.29, 1.82) is 0 Å². The summed E-state index contributed by atoms with van der Waals surface area (Å²) in [7, 11) is 1.57. The molecular formula is C29H33N5O4S. The number of fused-ring (bicyclic) bond motifs is 3. The lowest BCUT2D eigenvalue weighted by Crippen LogP contribution is -2.44. The van der Waals surface area contributed by atoms with E-state index >= 15 is 0 Å². The molecule has 2 heterocycles. The quantitative estimate of drug-likeness (QED) is 0.500. The van der Waals surface area contributed by atoms with Crippen LogP contribution in [0.3, 0.4) is 0 Å². The molecule has 2 N–H and O–H groups in total. The Bertz CT molecular complexity index is 1320. The summed E-state index contributed by atoms with van der Waals surface area (Å²) in [4.78, 5) is 50.6. The van der Waals surface area contributed by atoms with Crippen LogP contribution in [0.1, 0.15) is 57.4 Å². The number of anilines is 1. The highest BCUT2D eigenvalue weighted by atomic mass is 32.2. The van der Waals surface area contributed by atoms with Crippen molar-refractivity contribution in [2.24, 2.45) is 9.98 Å². The minimum atomic E-state index is -0.828. The van der Waals surface area contributed by atoms with Crippen molar-refractivity contribution in [2.45, 2.75) is 69.2 Å². The molecule has 2 aliphatic heterocycles. The summed E-state index contributed by atoms with van der Waals surface area (Å²) < 4.78 is 5.26. The van der Waals surface area contributed by atoms with Crippen LogP contribution < -0.4 is 15.4 Å². The fraction of sp³-hybridized carbons (Fsp3) is 0.414. The fourth-order valence-corrected chi connectivity index (χ4v) is 6.12. The largest absolute Gasteiger partial charge is 0.497 e. The number of nitrogens with one attached hydrogen (secondary N) is 2. The van der Waals surface area contributed by atoms with Gasteiger partial charge in [0.2, 0.25) is 11.8 Å². The number of hydrogen-bond acceptors (Lipinski definition) is 7. The van der Waals surface area contributed by atoms with Gasteiger partial charge in [-0.15, -0.1) is 0 Å². The van der Waals surface area contributed by atoms with Crippen molar-refractivity contribution < 1.29 is 19.1 Å². The summed E-state index contributed by atoms with van der Waals surface area (Å²) in [6.07, 6.45) is 5.88. The number of ether oxygens (including phenoxy) is 1. The molecule has 9 nitrogen and oxygen atoms in total. The fourth-order valence-electron chi connectivity index (χ4n) is 5.10. The van der Waals surface area contributed by atoms with Crippen molar-refractivity contribution in [2.75, 3.05) is 12.4 Å². The van der Waals surface area contributed by atoms with Crippen LogP contribution in [-0.2, 0) is 14.4 Å². The van der Waals surface area contributed by atoms with E-state index in [9.17, 15) is 14.4 Å². The highest BCUT2D eigenvalue weighted by Crippen LogP contribution is 2.36. The van der Waals surface area contributed by atoms with Crippen LogP contribution in [0.25, 0.3) is 0 Å². The molecule has 5 rings (SSSR count). The maximum absolute atomic E-state index is 13.6. The van der Waals surface area contributed by atoms with Crippen molar-refractivity contribution in [3.8, 4) is 5.75 Å². The molecule has 2 aromatic rings. The third kappa shape index (κ3) is 6.00. The van der Waals surface area contributed by atoms with E-state index in [2.05, 4.69) is 10.6 Å². The molecule has 1 fully saturated rings. The van der Waals surface area contributed by atoms with Crippen molar-refractivity contribution in [1.82, 2.24) is 10.2 Å². The van der Waals surface area contributed by atoms with Gasteiger partial charge in [-0.05, 0) is 43.5 Å².